The van der Waals surface area contributed by atoms with Crippen molar-refractivity contribution in [2.45, 2.75) is 115 Å². The topological polar surface area (TPSA) is 125 Å². The van der Waals surface area contributed by atoms with Crippen LogP contribution in [-0.2, 0) is 39.0 Å². The molecule has 2 aromatic heterocycles. The van der Waals surface area contributed by atoms with Gasteiger partial charge < -0.3 is 32.9 Å². The molecule has 1 aromatic carbocycles. The fourth-order valence-electron chi connectivity index (χ4n) is 5.27. The highest BCUT2D eigenvalue weighted by Gasteiger charge is 2.55. The number of hydrogen-bond acceptors (Lipinski definition) is 11. The number of nitrogen functional groups attached to an aromatic ring is 1. The summed E-state index contributed by atoms with van der Waals surface area (Å²) in [4.78, 5) is 12.9. The third kappa shape index (κ3) is 7.70. The van der Waals surface area contributed by atoms with E-state index in [2.05, 4.69) is 82.7 Å². The van der Waals surface area contributed by atoms with E-state index in [4.69, 9.17) is 44.7 Å². The molecule has 2 saturated heterocycles. The van der Waals surface area contributed by atoms with Crippen molar-refractivity contribution in [3.63, 3.8) is 0 Å². The van der Waals surface area contributed by atoms with E-state index in [-0.39, 0.29) is 35.5 Å². The van der Waals surface area contributed by atoms with Crippen LogP contribution in [0.2, 0.25) is 36.3 Å². The van der Waals surface area contributed by atoms with E-state index in [9.17, 15) is 22.0 Å². The normalized spacial score (nSPS) is 26.7. The number of ether oxygens (including phenoxy) is 1. The fraction of sp³-hybridized carbons (Fsp3) is 0.645. The lowest BCUT2D eigenvalue weighted by Crippen LogP contribution is -2.54. The predicted octanol–water partition coefficient (Wildman–Crippen LogP) is 8.20. The quantitative estimate of drug-likeness (QED) is 0.0741. The zero-order valence-electron chi connectivity index (χ0n) is 30.2. The third-order valence-corrected chi connectivity index (χ3v) is 21.6. The number of halogens is 5. The molecule has 2 N–H and O–H groups in total. The van der Waals surface area contributed by atoms with Gasteiger partial charge in [0, 0.05) is 6.42 Å². The van der Waals surface area contributed by atoms with Crippen LogP contribution in [0.3, 0.4) is 0 Å². The van der Waals surface area contributed by atoms with Gasteiger partial charge in [-0.25, -0.2) is 36.9 Å². The molecular weight excluding hydrogens is 753 g/mol. The molecule has 0 amide bonds. The van der Waals surface area contributed by atoms with Crippen molar-refractivity contribution < 1.29 is 49.1 Å². The zero-order valence-corrected chi connectivity index (χ0v) is 33.9. The van der Waals surface area contributed by atoms with Gasteiger partial charge in [-0.15, -0.1) is 0 Å². The smallest absolute Gasteiger partial charge is 0.327 e. The highest BCUT2D eigenvalue weighted by Crippen LogP contribution is 2.58. The first kappa shape index (κ1) is 40.3. The second kappa shape index (κ2) is 14.0. The second-order valence-electron chi connectivity index (χ2n) is 15.8. The van der Waals surface area contributed by atoms with Gasteiger partial charge in [0.15, 0.2) is 57.6 Å². The van der Waals surface area contributed by atoms with Crippen molar-refractivity contribution in [2.75, 3.05) is 18.9 Å². The Balaban J connectivity index is 1.53. The number of hydrogen-bond donors (Lipinski definition) is 1. The van der Waals surface area contributed by atoms with Gasteiger partial charge in [-0.2, -0.15) is 0 Å². The predicted molar refractivity (Wildman–Crippen MR) is 189 cm³/mol. The SMILES string of the molecule is CC(C)(C)[Si](C)(C)O[C@@H]1[C@H](O[Si](C)(C)C(C)(C)C)[C@@H](COP2(=S)OCCC(c3c(F)c(F)c(F)c(F)c3F)O2)O[C@H]1n1cnc2c(N)ncnc21. The molecule has 0 bridgehead atoms. The van der Waals surface area contributed by atoms with Crippen molar-refractivity contribution >= 4 is 52.1 Å². The van der Waals surface area contributed by atoms with Crippen LogP contribution < -0.4 is 5.73 Å². The molecule has 2 fully saturated rings. The summed E-state index contributed by atoms with van der Waals surface area (Å²) in [5.74, 6) is -10.3. The van der Waals surface area contributed by atoms with Crippen LogP contribution in [-0.4, -0.2) is 67.7 Å². The van der Waals surface area contributed by atoms with Gasteiger partial charge in [-0.3, -0.25) is 4.57 Å². The van der Waals surface area contributed by atoms with E-state index in [1.165, 1.54) is 6.33 Å². The number of rotatable bonds is 9. The number of nitrogens with zero attached hydrogens (tertiary/aromatic N) is 4. The lowest BCUT2D eigenvalue weighted by Gasteiger charge is -2.44. The Morgan fingerprint density at radius 1 is 0.882 bits per heavy atom. The molecule has 2 aliphatic rings. The number of nitrogens with two attached hydrogens (primary N) is 1. The first-order chi connectivity index (χ1) is 23.4. The van der Waals surface area contributed by atoms with Crippen LogP contribution in [0.15, 0.2) is 12.7 Å². The zero-order chi connectivity index (χ0) is 38.1. The van der Waals surface area contributed by atoms with Crippen molar-refractivity contribution in [3.05, 3.63) is 47.3 Å². The van der Waals surface area contributed by atoms with Gasteiger partial charge in [-0.1, -0.05) is 41.5 Å². The van der Waals surface area contributed by atoms with Crippen LogP contribution in [0.5, 0.6) is 0 Å². The van der Waals surface area contributed by atoms with Gasteiger partial charge in [-0.05, 0) is 48.1 Å². The molecule has 4 heterocycles. The van der Waals surface area contributed by atoms with Crippen LogP contribution in [0, 0.1) is 29.1 Å². The minimum Gasteiger partial charge on any atom is -0.408 e. The monoisotopic (exact) mass is 797 g/mol. The summed E-state index contributed by atoms with van der Waals surface area (Å²) in [6.07, 6.45) is -2.20. The molecule has 20 heteroatoms. The summed E-state index contributed by atoms with van der Waals surface area (Å²) in [6, 6.07) is 0. The lowest BCUT2D eigenvalue weighted by molar-refractivity contribution is -0.0516. The summed E-state index contributed by atoms with van der Waals surface area (Å²) in [5, 5.41) is -0.444. The highest BCUT2D eigenvalue weighted by molar-refractivity contribution is 8.07. The van der Waals surface area contributed by atoms with E-state index >= 15 is 0 Å². The standard InChI is InChI=1S/C31H45F5N5O6PSSi2/c1-30(2,3)50(7,8)46-25-17(13-43-48(49)42-12-11-16(45-48)18-19(32)21(34)23(36)22(35)20(18)33)44-29(26(25)47-51(9,10)31(4,5)6)41-15-40-24-27(37)38-14-39-28(24)41/h14-17,25-26,29H,11-13H2,1-10H3,(H2,37,38,39)/t16?,17-,25-,26-,29-,48?/m1/s1. The maximum atomic E-state index is 14.8. The first-order valence-corrected chi connectivity index (χ1v) is 24.8. The fourth-order valence-corrected chi connectivity index (χ4v) is 9.97. The van der Waals surface area contributed by atoms with Crippen molar-refractivity contribution in [2.24, 2.45) is 0 Å². The average molecular weight is 798 g/mol. The minimum atomic E-state index is -3.84. The summed E-state index contributed by atoms with van der Waals surface area (Å²) in [7, 11) is -5.09. The summed E-state index contributed by atoms with van der Waals surface area (Å²) < 4.78 is 112. The van der Waals surface area contributed by atoms with E-state index < -0.39 is 88.6 Å². The first-order valence-electron chi connectivity index (χ1n) is 16.4. The van der Waals surface area contributed by atoms with Gasteiger partial charge in [0.05, 0.1) is 25.1 Å². The lowest BCUT2D eigenvalue weighted by atomic mass is 10.0. The van der Waals surface area contributed by atoms with Crippen molar-refractivity contribution in [3.8, 4) is 0 Å². The molecule has 5 rings (SSSR count). The Hall–Kier alpha value is -1.94. The van der Waals surface area contributed by atoms with Crippen LogP contribution in [0.1, 0.15) is 65.9 Å². The molecular formula is C31H45F5N5O6PSSi2. The molecule has 11 nitrogen and oxygen atoms in total. The van der Waals surface area contributed by atoms with E-state index in [1.54, 1.807) is 10.9 Å². The van der Waals surface area contributed by atoms with Crippen LogP contribution >= 0.6 is 6.72 Å². The average Bonchev–Trinajstić information content (AvgIpc) is 3.59. The Bertz CT molecular complexity index is 1820. The molecule has 6 atom stereocenters. The second-order valence-corrected chi connectivity index (χ2v) is 28.3. The number of fused-ring (bicyclic) bond motifs is 1. The molecule has 51 heavy (non-hydrogen) atoms. The summed E-state index contributed by atoms with van der Waals surface area (Å²) in [5.41, 5.74) is 5.75. The van der Waals surface area contributed by atoms with Crippen molar-refractivity contribution in [1.29, 1.82) is 0 Å². The molecule has 2 unspecified atom stereocenters. The Kier molecular flexibility index (Phi) is 11.1. The Morgan fingerprint density at radius 3 is 2.00 bits per heavy atom. The number of aromatic nitrogens is 4. The number of anilines is 1. The Labute approximate surface area is 301 Å². The highest BCUT2D eigenvalue weighted by atomic mass is 32.5. The number of imidazole rings is 1. The largest absolute Gasteiger partial charge is 0.408 e. The van der Waals surface area contributed by atoms with Gasteiger partial charge in [0.25, 0.3) is 0 Å². The minimum absolute atomic E-state index is 0.181. The van der Waals surface area contributed by atoms with E-state index in [0.717, 1.165) is 0 Å². The molecule has 0 spiro atoms. The maximum Gasteiger partial charge on any atom is 0.327 e. The summed E-state index contributed by atoms with van der Waals surface area (Å²) >= 11 is 5.58. The molecule has 0 aliphatic carbocycles. The molecule has 284 valence electrons. The molecule has 0 radical (unpaired) electrons. The van der Waals surface area contributed by atoms with Gasteiger partial charge >= 0.3 is 6.72 Å². The molecule has 0 saturated carbocycles. The maximum absolute atomic E-state index is 14.8. The Morgan fingerprint density at radius 2 is 1.43 bits per heavy atom. The van der Waals surface area contributed by atoms with Gasteiger partial charge in [0.1, 0.15) is 36.3 Å². The summed E-state index contributed by atoms with van der Waals surface area (Å²) in [6.45, 7) is 16.6. The van der Waals surface area contributed by atoms with E-state index in [0.29, 0.717) is 11.2 Å². The van der Waals surface area contributed by atoms with E-state index in [1.807, 2.05) is 0 Å². The molecule has 3 aromatic rings. The third-order valence-electron chi connectivity index (χ3n) is 10.3. The van der Waals surface area contributed by atoms with Crippen LogP contribution in [0.4, 0.5) is 27.8 Å². The van der Waals surface area contributed by atoms with Crippen LogP contribution in [0.25, 0.3) is 11.2 Å². The van der Waals surface area contributed by atoms with Crippen molar-refractivity contribution in [1.82, 2.24) is 19.5 Å². The molecule has 2 aliphatic heterocycles. The van der Waals surface area contributed by atoms with Gasteiger partial charge in [0.2, 0.25) is 5.82 Å². The number of benzene rings is 1.